The smallest absolute Gasteiger partial charge is 0.339 e. The Balaban J connectivity index is 2.56. The Hall–Kier alpha value is -3.68. The van der Waals surface area contributed by atoms with Gasteiger partial charge in [0.1, 0.15) is 22.6 Å². The standard InChI is InChI=1S/C18H14O8/c1-9(19)25-15-7-11(3-5-13(15)17(21)22)12-4-6-14(18(23)24)16(8-12)26-10(2)20/h3-8H,1-2H3,(H,21,22)(H,23,24). The van der Waals surface area contributed by atoms with E-state index in [2.05, 4.69) is 0 Å². The van der Waals surface area contributed by atoms with Crippen molar-refractivity contribution < 1.29 is 38.9 Å². The molecule has 0 heterocycles. The second kappa shape index (κ2) is 7.47. The first-order valence-electron chi connectivity index (χ1n) is 7.31. The molecule has 26 heavy (non-hydrogen) atoms. The fourth-order valence-electron chi connectivity index (χ4n) is 2.24. The number of aromatic carboxylic acids is 2. The lowest BCUT2D eigenvalue weighted by Crippen LogP contribution is -2.08. The molecule has 0 bridgehead atoms. The predicted molar refractivity (Wildman–Crippen MR) is 88.4 cm³/mol. The predicted octanol–water partition coefficient (Wildman–Crippen LogP) is 2.60. The van der Waals surface area contributed by atoms with Crippen molar-refractivity contribution >= 4 is 23.9 Å². The third-order valence-electron chi connectivity index (χ3n) is 3.26. The van der Waals surface area contributed by atoms with Gasteiger partial charge in [0, 0.05) is 13.8 Å². The van der Waals surface area contributed by atoms with E-state index in [9.17, 15) is 19.2 Å². The van der Waals surface area contributed by atoms with Crippen LogP contribution in [0.4, 0.5) is 0 Å². The van der Waals surface area contributed by atoms with Gasteiger partial charge in [0.25, 0.3) is 0 Å². The van der Waals surface area contributed by atoms with Gasteiger partial charge in [-0.2, -0.15) is 0 Å². The molecule has 0 aliphatic carbocycles. The zero-order chi connectivity index (χ0) is 19.4. The summed E-state index contributed by atoms with van der Waals surface area (Å²) >= 11 is 0. The molecule has 0 saturated heterocycles. The Labute approximate surface area is 147 Å². The molecular formula is C18H14O8. The number of esters is 2. The van der Waals surface area contributed by atoms with Crippen LogP contribution in [-0.4, -0.2) is 34.1 Å². The number of carboxylic acids is 2. The van der Waals surface area contributed by atoms with Gasteiger partial charge in [0.05, 0.1) is 0 Å². The highest BCUT2D eigenvalue weighted by molar-refractivity contribution is 5.94. The molecule has 0 saturated carbocycles. The fourth-order valence-corrected chi connectivity index (χ4v) is 2.24. The number of benzene rings is 2. The Morgan fingerprint density at radius 3 is 1.31 bits per heavy atom. The zero-order valence-electron chi connectivity index (χ0n) is 13.8. The molecule has 0 fully saturated rings. The molecule has 8 nitrogen and oxygen atoms in total. The summed E-state index contributed by atoms with van der Waals surface area (Å²) in [6, 6.07) is 8.10. The maximum absolute atomic E-state index is 11.2. The number of hydrogen-bond acceptors (Lipinski definition) is 6. The van der Waals surface area contributed by atoms with E-state index in [1.165, 1.54) is 36.4 Å². The summed E-state index contributed by atoms with van der Waals surface area (Å²) in [5.41, 5.74) is 0.478. The van der Waals surface area contributed by atoms with Crippen LogP contribution >= 0.6 is 0 Å². The maximum Gasteiger partial charge on any atom is 0.339 e. The van der Waals surface area contributed by atoms with Crippen LogP contribution in [0, 0.1) is 0 Å². The van der Waals surface area contributed by atoms with E-state index in [1.807, 2.05) is 0 Å². The lowest BCUT2D eigenvalue weighted by molar-refractivity contribution is -0.132. The molecule has 0 aliphatic heterocycles. The van der Waals surface area contributed by atoms with Crippen LogP contribution in [0.3, 0.4) is 0 Å². The summed E-state index contributed by atoms with van der Waals surface area (Å²) in [7, 11) is 0. The Morgan fingerprint density at radius 2 is 1.04 bits per heavy atom. The van der Waals surface area contributed by atoms with Gasteiger partial charge in [-0.15, -0.1) is 0 Å². The van der Waals surface area contributed by atoms with Crippen LogP contribution in [0.5, 0.6) is 11.5 Å². The SMILES string of the molecule is CC(=O)Oc1cc(-c2ccc(C(=O)O)c(OC(C)=O)c2)ccc1C(=O)O. The van der Waals surface area contributed by atoms with E-state index in [0.29, 0.717) is 11.1 Å². The largest absolute Gasteiger partial charge is 0.478 e. The lowest BCUT2D eigenvalue weighted by atomic mass is 10.0. The van der Waals surface area contributed by atoms with Crippen molar-refractivity contribution in [3.05, 3.63) is 47.5 Å². The Morgan fingerprint density at radius 1 is 0.692 bits per heavy atom. The van der Waals surface area contributed by atoms with E-state index in [4.69, 9.17) is 19.7 Å². The summed E-state index contributed by atoms with van der Waals surface area (Å²) in [5, 5.41) is 18.3. The number of ether oxygens (including phenoxy) is 2. The van der Waals surface area contributed by atoms with Gasteiger partial charge in [0.2, 0.25) is 0 Å². The number of carbonyl (C=O) groups is 4. The molecule has 2 aromatic rings. The molecule has 2 N–H and O–H groups in total. The summed E-state index contributed by atoms with van der Waals surface area (Å²) < 4.78 is 9.85. The van der Waals surface area contributed by atoms with Gasteiger partial charge in [-0.05, 0) is 35.4 Å². The van der Waals surface area contributed by atoms with Crippen molar-refractivity contribution in [2.75, 3.05) is 0 Å². The molecule has 0 radical (unpaired) electrons. The van der Waals surface area contributed by atoms with Crippen LogP contribution in [0.25, 0.3) is 11.1 Å². The van der Waals surface area contributed by atoms with E-state index in [-0.39, 0.29) is 22.6 Å². The van der Waals surface area contributed by atoms with E-state index in [1.54, 1.807) is 0 Å². The van der Waals surface area contributed by atoms with Crippen LogP contribution in [0.1, 0.15) is 34.6 Å². The Bertz CT molecular complexity index is 838. The minimum Gasteiger partial charge on any atom is -0.478 e. The average Bonchev–Trinajstić information content (AvgIpc) is 2.53. The normalized spacial score (nSPS) is 10.1. The first-order chi connectivity index (χ1) is 12.2. The molecule has 2 aromatic carbocycles. The van der Waals surface area contributed by atoms with Crippen LogP contribution in [0.2, 0.25) is 0 Å². The van der Waals surface area contributed by atoms with Gasteiger partial charge in [-0.3, -0.25) is 9.59 Å². The van der Waals surface area contributed by atoms with Gasteiger partial charge in [-0.1, -0.05) is 12.1 Å². The molecule has 2 rings (SSSR count). The third-order valence-corrected chi connectivity index (χ3v) is 3.26. The molecular weight excluding hydrogens is 344 g/mol. The van der Waals surface area contributed by atoms with E-state index >= 15 is 0 Å². The van der Waals surface area contributed by atoms with Gasteiger partial charge < -0.3 is 19.7 Å². The molecule has 0 aliphatic rings. The molecule has 0 amide bonds. The summed E-state index contributed by atoms with van der Waals surface area (Å²) in [6.45, 7) is 2.28. The average molecular weight is 358 g/mol. The number of rotatable bonds is 5. The molecule has 8 heteroatoms. The second-order valence-corrected chi connectivity index (χ2v) is 5.22. The monoisotopic (exact) mass is 358 g/mol. The number of carbonyl (C=O) groups excluding carboxylic acids is 2. The first kappa shape index (κ1) is 18.7. The Kier molecular flexibility index (Phi) is 5.36. The van der Waals surface area contributed by atoms with Crippen LogP contribution in [0.15, 0.2) is 36.4 Å². The fraction of sp³-hybridized carbons (Fsp3) is 0.111. The summed E-state index contributed by atoms with van der Waals surface area (Å²) in [5.74, 6) is -4.22. The number of hydrogen-bond donors (Lipinski definition) is 2. The van der Waals surface area contributed by atoms with Crippen molar-refractivity contribution in [3.63, 3.8) is 0 Å². The highest BCUT2D eigenvalue weighted by atomic mass is 16.5. The highest BCUT2D eigenvalue weighted by Crippen LogP contribution is 2.31. The molecule has 0 aromatic heterocycles. The van der Waals surface area contributed by atoms with Crippen molar-refractivity contribution in [2.24, 2.45) is 0 Å². The first-order valence-corrected chi connectivity index (χ1v) is 7.31. The number of carboxylic acid groups (broad SMARTS) is 2. The van der Waals surface area contributed by atoms with Gasteiger partial charge in [-0.25, -0.2) is 9.59 Å². The van der Waals surface area contributed by atoms with Crippen LogP contribution in [-0.2, 0) is 9.59 Å². The van der Waals surface area contributed by atoms with E-state index < -0.39 is 23.9 Å². The molecule has 0 unspecified atom stereocenters. The molecule has 134 valence electrons. The maximum atomic E-state index is 11.2. The van der Waals surface area contributed by atoms with Gasteiger partial charge >= 0.3 is 23.9 Å². The van der Waals surface area contributed by atoms with Gasteiger partial charge in [0.15, 0.2) is 0 Å². The summed E-state index contributed by atoms with van der Waals surface area (Å²) in [6.07, 6.45) is 0. The minimum absolute atomic E-state index is 0.154. The summed E-state index contributed by atoms with van der Waals surface area (Å²) in [4.78, 5) is 44.8. The highest BCUT2D eigenvalue weighted by Gasteiger charge is 2.17. The zero-order valence-corrected chi connectivity index (χ0v) is 13.8. The van der Waals surface area contributed by atoms with Crippen molar-refractivity contribution in [1.82, 2.24) is 0 Å². The quantitative estimate of drug-likeness (QED) is 0.617. The van der Waals surface area contributed by atoms with E-state index in [0.717, 1.165) is 13.8 Å². The lowest BCUT2D eigenvalue weighted by Gasteiger charge is -2.11. The third kappa shape index (κ3) is 4.23. The van der Waals surface area contributed by atoms with Crippen molar-refractivity contribution in [2.45, 2.75) is 13.8 Å². The minimum atomic E-state index is -1.27. The molecule has 0 atom stereocenters. The van der Waals surface area contributed by atoms with Crippen molar-refractivity contribution in [3.8, 4) is 22.6 Å². The topological polar surface area (TPSA) is 127 Å². The van der Waals surface area contributed by atoms with Crippen molar-refractivity contribution in [1.29, 1.82) is 0 Å². The molecule has 0 spiro atoms. The second-order valence-electron chi connectivity index (χ2n) is 5.22. The van der Waals surface area contributed by atoms with Crippen LogP contribution < -0.4 is 9.47 Å².